The molecule has 0 bridgehead atoms. The van der Waals surface area contributed by atoms with E-state index in [1.807, 2.05) is 13.8 Å². The maximum Gasteiger partial charge on any atom is 0.330 e. The Morgan fingerprint density at radius 1 is 1.14 bits per heavy atom. The number of aliphatic hydroxyl groups is 1. The van der Waals surface area contributed by atoms with Gasteiger partial charge in [-0.1, -0.05) is 20.3 Å². The molecule has 0 rings (SSSR count). The first kappa shape index (κ1) is 14.1. The molecule has 86 valence electrons. The number of hydrogen-bond donors (Lipinski definition) is 1. The molecule has 0 saturated carbocycles. The minimum atomic E-state index is -2.93. The molecule has 0 aliphatic carbocycles. The van der Waals surface area contributed by atoms with E-state index in [1.54, 1.807) is 0 Å². The summed E-state index contributed by atoms with van der Waals surface area (Å²) in [5.41, 5.74) is 0. The second kappa shape index (κ2) is 8.42. The van der Waals surface area contributed by atoms with E-state index >= 15 is 0 Å². The second-order valence-corrected chi connectivity index (χ2v) is 5.26. The van der Waals surface area contributed by atoms with Crippen LogP contribution in [0.15, 0.2) is 0 Å². The first-order chi connectivity index (χ1) is 6.68. The van der Waals surface area contributed by atoms with Gasteiger partial charge in [0, 0.05) is 0 Å². The van der Waals surface area contributed by atoms with Gasteiger partial charge in [0.25, 0.3) is 0 Å². The van der Waals surface area contributed by atoms with Crippen LogP contribution in [0.25, 0.3) is 0 Å². The molecule has 1 unspecified atom stereocenters. The van der Waals surface area contributed by atoms with E-state index in [1.165, 1.54) is 0 Å². The van der Waals surface area contributed by atoms with Gasteiger partial charge in [0.1, 0.15) is 0 Å². The minimum Gasteiger partial charge on any atom is -0.394 e. The van der Waals surface area contributed by atoms with Gasteiger partial charge in [0.05, 0.1) is 26.0 Å². The zero-order valence-electron chi connectivity index (χ0n) is 9.07. The Balaban J connectivity index is 3.97. The van der Waals surface area contributed by atoms with Crippen molar-refractivity contribution >= 4 is 7.60 Å². The zero-order valence-corrected chi connectivity index (χ0v) is 9.96. The Morgan fingerprint density at radius 3 is 2.29 bits per heavy atom. The quantitative estimate of drug-likeness (QED) is 0.611. The van der Waals surface area contributed by atoms with Gasteiger partial charge in [0.2, 0.25) is 0 Å². The van der Waals surface area contributed by atoms with Crippen LogP contribution in [-0.2, 0) is 13.6 Å². The SMILES string of the molecule is CCCCP(=O)(OCCC)OCCO. The van der Waals surface area contributed by atoms with Crippen molar-refractivity contribution in [3.63, 3.8) is 0 Å². The van der Waals surface area contributed by atoms with Crippen molar-refractivity contribution in [3.05, 3.63) is 0 Å². The second-order valence-electron chi connectivity index (χ2n) is 3.08. The fourth-order valence-electron chi connectivity index (χ4n) is 0.928. The predicted molar refractivity (Wildman–Crippen MR) is 56.7 cm³/mol. The summed E-state index contributed by atoms with van der Waals surface area (Å²) in [6.07, 6.45) is 3.05. The Kier molecular flexibility index (Phi) is 8.49. The van der Waals surface area contributed by atoms with Crippen LogP contribution in [-0.4, -0.2) is 31.1 Å². The molecule has 0 saturated heterocycles. The van der Waals surface area contributed by atoms with Crippen LogP contribution in [0.4, 0.5) is 0 Å². The Hall–Kier alpha value is 0.110. The van der Waals surface area contributed by atoms with Gasteiger partial charge < -0.3 is 14.2 Å². The number of rotatable bonds is 9. The third-order valence-electron chi connectivity index (χ3n) is 1.66. The molecule has 0 spiro atoms. The van der Waals surface area contributed by atoms with Gasteiger partial charge in [-0.25, -0.2) is 0 Å². The molecule has 14 heavy (non-hydrogen) atoms. The van der Waals surface area contributed by atoms with Crippen molar-refractivity contribution in [1.29, 1.82) is 0 Å². The van der Waals surface area contributed by atoms with Gasteiger partial charge in [-0.15, -0.1) is 0 Å². The van der Waals surface area contributed by atoms with Crippen molar-refractivity contribution in [2.45, 2.75) is 33.1 Å². The minimum absolute atomic E-state index is 0.0880. The van der Waals surface area contributed by atoms with Crippen LogP contribution in [0.3, 0.4) is 0 Å². The molecule has 4 nitrogen and oxygen atoms in total. The van der Waals surface area contributed by atoms with Crippen molar-refractivity contribution in [3.8, 4) is 0 Å². The van der Waals surface area contributed by atoms with Gasteiger partial charge in [-0.2, -0.15) is 0 Å². The summed E-state index contributed by atoms with van der Waals surface area (Å²) in [6.45, 7) is 4.40. The molecule has 0 radical (unpaired) electrons. The summed E-state index contributed by atoms with van der Waals surface area (Å²) in [5, 5.41) is 8.58. The zero-order chi connectivity index (χ0) is 10.9. The summed E-state index contributed by atoms with van der Waals surface area (Å²) in [6, 6.07) is 0. The van der Waals surface area contributed by atoms with Gasteiger partial charge in [-0.05, 0) is 12.8 Å². The van der Waals surface area contributed by atoms with E-state index in [0.717, 1.165) is 19.3 Å². The van der Waals surface area contributed by atoms with Crippen LogP contribution in [0.1, 0.15) is 33.1 Å². The first-order valence-electron chi connectivity index (χ1n) is 5.17. The fourth-order valence-corrected chi connectivity index (χ4v) is 2.79. The summed E-state index contributed by atoms with van der Waals surface area (Å²) in [5.74, 6) is 0. The molecular weight excluding hydrogens is 203 g/mol. The van der Waals surface area contributed by atoms with E-state index in [2.05, 4.69) is 0 Å². The molecule has 0 aliphatic rings. The lowest BCUT2D eigenvalue weighted by Gasteiger charge is -2.17. The van der Waals surface area contributed by atoms with E-state index in [-0.39, 0.29) is 13.2 Å². The molecule has 0 aromatic rings. The highest BCUT2D eigenvalue weighted by Gasteiger charge is 2.22. The normalized spacial score (nSPS) is 15.4. The van der Waals surface area contributed by atoms with Crippen LogP contribution in [0.5, 0.6) is 0 Å². The third kappa shape index (κ3) is 6.55. The lowest BCUT2D eigenvalue weighted by molar-refractivity contribution is 0.161. The van der Waals surface area contributed by atoms with Crippen LogP contribution in [0, 0.1) is 0 Å². The van der Waals surface area contributed by atoms with Crippen molar-refractivity contribution in [1.82, 2.24) is 0 Å². The summed E-state index contributed by atoms with van der Waals surface area (Å²) in [7, 11) is -2.93. The number of aliphatic hydroxyl groups excluding tert-OH is 1. The van der Waals surface area contributed by atoms with Gasteiger partial charge in [-0.3, -0.25) is 4.57 Å². The van der Waals surface area contributed by atoms with E-state index in [4.69, 9.17) is 14.2 Å². The molecule has 1 N–H and O–H groups in total. The average molecular weight is 224 g/mol. The van der Waals surface area contributed by atoms with Crippen molar-refractivity contribution < 1.29 is 18.7 Å². The molecule has 0 fully saturated rings. The van der Waals surface area contributed by atoms with Crippen LogP contribution >= 0.6 is 7.60 Å². The number of hydrogen-bond acceptors (Lipinski definition) is 4. The Labute approximate surface area is 86.1 Å². The molecule has 0 aromatic carbocycles. The Bertz CT molecular complexity index is 144. The standard InChI is InChI=1S/C9H21O4P/c1-3-5-9-14(11,12-7-4-2)13-8-6-10/h10H,3-9H2,1-2H3. The summed E-state index contributed by atoms with van der Waals surface area (Å²) < 4.78 is 22.2. The van der Waals surface area contributed by atoms with Gasteiger partial charge >= 0.3 is 7.60 Å². The molecule has 5 heteroatoms. The maximum atomic E-state index is 11.9. The van der Waals surface area contributed by atoms with E-state index in [9.17, 15) is 4.57 Å². The fraction of sp³-hybridized carbons (Fsp3) is 1.00. The van der Waals surface area contributed by atoms with Gasteiger partial charge in [0.15, 0.2) is 0 Å². The lowest BCUT2D eigenvalue weighted by Crippen LogP contribution is -2.04. The van der Waals surface area contributed by atoms with Crippen molar-refractivity contribution in [2.24, 2.45) is 0 Å². The largest absolute Gasteiger partial charge is 0.394 e. The lowest BCUT2D eigenvalue weighted by atomic mass is 10.4. The number of unbranched alkanes of at least 4 members (excludes halogenated alkanes) is 1. The first-order valence-corrected chi connectivity index (χ1v) is 6.90. The maximum absolute atomic E-state index is 11.9. The smallest absolute Gasteiger partial charge is 0.330 e. The molecule has 0 aliphatic heterocycles. The molecule has 0 heterocycles. The van der Waals surface area contributed by atoms with E-state index in [0.29, 0.717) is 12.8 Å². The monoisotopic (exact) mass is 224 g/mol. The highest BCUT2D eigenvalue weighted by Crippen LogP contribution is 2.48. The summed E-state index contributed by atoms with van der Waals surface area (Å²) >= 11 is 0. The highest BCUT2D eigenvalue weighted by molar-refractivity contribution is 7.53. The van der Waals surface area contributed by atoms with Crippen LogP contribution in [0.2, 0.25) is 0 Å². The average Bonchev–Trinajstić information content (AvgIpc) is 2.21. The highest BCUT2D eigenvalue weighted by atomic mass is 31.2. The van der Waals surface area contributed by atoms with Crippen molar-refractivity contribution in [2.75, 3.05) is 26.0 Å². The summed E-state index contributed by atoms with van der Waals surface area (Å²) in [4.78, 5) is 0. The molecular formula is C9H21O4P. The third-order valence-corrected chi connectivity index (χ3v) is 3.67. The van der Waals surface area contributed by atoms with E-state index < -0.39 is 7.60 Å². The molecule has 1 atom stereocenters. The molecule has 0 amide bonds. The predicted octanol–water partition coefficient (Wildman–Crippen LogP) is 2.42. The topological polar surface area (TPSA) is 55.8 Å². The van der Waals surface area contributed by atoms with Crippen LogP contribution < -0.4 is 0 Å². The Morgan fingerprint density at radius 2 is 1.79 bits per heavy atom. The molecule has 0 aromatic heterocycles.